The average molecular weight is 342 g/mol. The van der Waals surface area contributed by atoms with Gasteiger partial charge in [0.1, 0.15) is 5.60 Å². The molecular formula is C16H30N4O4. The molecule has 0 aliphatic carbocycles. The minimum atomic E-state index is -0.536. The first kappa shape index (κ1) is 20.1. The predicted molar refractivity (Wildman–Crippen MR) is 90.6 cm³/mol. The molecule has 1 heterocycles. The number of rotatable bonds is 4. The summed E-state index contributed by atoms with van der Waals surface area (Å²) in [5, 5.41) is 5.41. The molecular weight excluding hydrogens is 312 g/mol. The van der Waals surface area contributed by atoms with E-state index in [1.54, 1.807) is 44.7 Å². The number of hydrogen-bond donors (Lipinski definition) is 2. The molecule has 1 fully saturated rings. The molecule has 0 radical (unpaired) electrons. The highest BCUT2D eigenvalue weighted by Crippen LogP contribution is 2.18. The summed E-state index contributed by atoms with van der Waals surface area (Å²) < 4.78 is 5.11. The van der Waals surface area contributed by atoms with Crippen molar-refractivity contribution in [2.75, 3.05) is 40.3 Å². The van der Waals surface area contributed by atoms with Crippen LogP contribution in [0.15, 0.2) is 0 Å². The van der Waals surface area contributed by atoms with E-state index in [1.807, 2.05) is 0 Å². The minimum absolute atomic E-state index is 0.0181. The number of ether oxygens (including phenoxy) is 1. The van der Waals surface area contributed by atoms with Gasteiger partial charge in [-0.05, 0) is 33.6 Å². The molecule has 138 valence electrons. The summed E-state index contributed by atoms with van der Waals surface area (Å²) in [6.07, 6.45) is 0.822. The zero-order chi connectivity index (χ0) is 18.3. The lowest BCUT2D eigenvalue weighted by Gasteiger charge is -2.33. The minimum Gasteiger partial charge on any atom is -0.444 e. The fourth-order valence-electron chi connectivity index (χ4n) is 2.42. The maximum Gasteiger partial charge on any atom is 0.407 e. The van der Waals surface area contributed by atoms with Crippen LogP contribution in [0.25, 0.3) is 0 Å². The molecule has 0 aromatic rings. The average Bonchev–Trinajstić information content (AvgIpc) is 2.49. The van der Waals surface area contributed by atoms with E-state index in [2.05, 4.69) is 10.6 Å². The van der Waals surface area contributed by atoms with Gasteiger partial charge in [0.05, 0.1) is 0 Å². The van der Waals surface area contributed by atoms with E-state index in [9.17, 15) is 14.4 Å². The van der Waals surface area contributed by atoms with E-state index < -0.39 is 11.7 Å². The quantitative estimate of drug-likeness (QED) is 0.746. The van der Waals surface area contributed by atoms with Crippen LogP contribution in [0.4, 0.5) is 9.59 Å². The molecule has 0 aromatic carbocycles. The van der Waals surface area contributed by atoms with Gasteiger partial charge in [0.15, 0.2) is 0 Å². The Morgan fingerprint density at radius 3 is 2.12 bits per heavy atom. The highest BCUT2D eigenvalue weighted by Gasteiger charge is 2.27. The molecule has 1 saturated heterocycles. The van der Waals surface area contributed by atoms with Crippen molar-refractivity contribution in [2.24, 2.45) is 5.92 Å². The maximum atomic E-state index is 12.1. The van der Waals surface area contributed by atoms with Crippen molar-refractivity contribution < 1.29 is 19.1 Å². The molecule has 2 N–H and O–H groups in total. The van der Waals surface area contributed by atoms with Gasteiger partial charge in [0.2, 0.25) is 5.91 Å². The SMILES string of the molecule is CN(C)C(=O)N1CCC(C(=O)NCCNC(=O)OC(C)(C)C)CC1. The van der Waals surface area contributed by atoms with Crippen LogP contribution in [-0.2, 0) is 9.53 Å². The summed E-state index contributed by atoms with van der Waals surface area (Å²) in [7, 11) is 3.44. The Morgan fingerprint density at radius 2 is 1.62 bits per heavy atom. The summed E-state index contributed by atoms with van der Waals surface area (Å²) in [6.45, 7) is 7.23. The molecule has 1 aliphatic rings. The summed E-state index contributed by atoms with van der Waals surface area (Å²) in [6, 6.07) is -0.0181. The normalized spacial score (nSPS) is 15.6. The summed E-state index contributed by atoms with van der Waals surface area (Å²) in [5.41, 5.74) is -0.536. The fraction of sp³-hybridized carbons (Fsp3) is 0.812. The van der Waals surface area contributed by atoms with Gasteiger partial charge in [-0.2, -0.15) is 0 Å². The molecule has 8 heteroatoms. The topological polar surface area (TPSA) is 91.0 Å². The largest absolute Gasteiger partial charge is 0.444 e. The number of urea groups is 1. The fourth-order valence-corrected chi connectivity index (χ4v) is 2.42. The molecule has 1 rings (SSSR count). The molecule has 0 bridgehead atoms. The van der Waals surface area contributed by atoms with E-state index >= 15 is 0 Å². The number of amides is 4. The highest BCUT2D eigenvalue weighted by atomic mass is 16.6. The zero-order valence-electron chi connectivity index (χ0n) is 15.3. The zero-order valence-corrected chi connectivity index (χ0v) is 15.3. The van der Waals surface area contributed by atoms with E-state index in [1.165, 1.54) is 0 Å². The van der Waals surface area contributed by atoms with Crippen molar-refractivity contribution in [2.45, 2.75) is 39.2 Å². The van der Waals surface area contributed by atoms with Crippen molar-refractivity contribution in [1.29, 1.82) is 0 Å². The Hall–Kier alpha value is -1.99. The standard InChI is InChI=1S/C16H30N4O4/c1-16(2,3)24-14(22)18-9-8-17-13(21)12-6-10-20(11-7-12)15(23)19(4)5/h12H,6-11H2,1-5H3,(H,17,21)(H,18,22). The van der Waals surface area contributed by atoms with Crippen LogP contribution in [0, 0.1) is 5.92 Å². The van der Waals surface area contributed by atoms with Gasteiger partial charge in [-0.15, -0.1) is 0 Å². The number of piperidine rings is 1. The van der Waals surface area contributed by atoms with Crippen LogP contribution in [0.1, 0.15) is 33.6 Å². The van der Waals surface area contributed by atoms with Gasteiger partial charge >= 0.3 is 12.1 Å². The second-order valence-electron chi connectivity index (χ2n) is 7.16. The van der Waals surface area contributed by atoms with Crippen molar-refractivity contribution in [3.05, 3.63) is 0 Å². The summed E-state index contributed by atoms with van der Waals surface area (Å²) in [4.78, 5) is 38.7. The number of nitrogens with zero attached hydrogens (tertiary/aromatic N) is 2. The second-order valence-corrected chi connectivity index (χ2v) is 7.16. The van der Waals surface area contributed by atoms with Crippen LogP contribution in [0.3, 0.4) is 0 Å². The maximum absolute atomic E-state index is 12.1. The number of nitrogens with one attached hydrogen (secondary N) is 2. The molecule has 0 aromatic heterocycles. The lowest BCUT2D eigenvalue weighted by atomic mass is 9.96. The molecule has 4 amide bonds. The third-order valence-electron chi connectivity index (χ3n) is 3.61. The van der Waals surface area contributed by atoms with E-state index in [4.69, 9.17) is 4.74 Å². The number of hydrogen-bond acceptors (Lipinski definition) is 4. The monoisotopic (exact) mass is 342 g/mol. The first-order valence-electron chi connectivity index (χ1n) is 8.31. The smallest absolute Gasteiger partial charge is 0.407 e. The third-order valence-corrected chi connectivity index (χ3v) is 3.61. The third kappa shape index (κ3) is 7.06. The summed E-state index contributed by atoms with van der Waals surface area (Å²) >= 11 is 0. The molecule has 0 spiro atoms. The lowest BCUT2D eigenvalue weighted by molar-refractivity contribution is -0.126. The van der Waals surface area contributed by atoms with Gasteiger partial charge in [0.25, 0.3) is 0 Å². The Bertz CT molecular complexity index is 451. The van der Waals surface area contributed by atoms with Crippen LogP contribution >= 0.6 is 0 Å². The van der Waals surface area contributed by atoms with Crippen LogP contribution in [0.5, 0.6) is 0 Å². The first-order valence-corrected chi connectivity index (χ1v) is 8.31. The van der Waals surface area contributed by atoms with Gasteiger partial charge in [0, 0.05) is 46.2 Å². The van der Waals surface area contributed by atoms with Gasteiger partial charge in [-0.3, -0.25) is 4.79 Å². The number of carbonyl (C=O) groups excluding carboxylic acids is 3. The number of likely N-dealkylation sites (tertiary alicyclic amines) is 1. The van der Waals surface area contributed by atoms with Crippen molar-refractivity contribution >= 4 is 18.0 Å². The molecule has 8 nitrogen and oxygen atoms in total. The van der Waals surface area contributed by atoms with Crippen LogP contribution in [0.2, 0.25) is 0 Å². The van der Waals surface area contributed by atoms with E-state index in [0.29, 0.717) is 39.0 Å². The summed E-state index contributed by atoms with van der Waals surface area (Å²) in [5.74, 6) is -0.115. The molecule has 0 atom stereocenters. The Morgan fingerprint density at radius 1 is 1.08 bits per heavy atom. The molecule has 0 saturated carbocycles. The molecule has 0 unspecified atom stereocenters. The second kappa shape index (κ2) is 8.75. The Labute approximate surface area is 143 Å². The highest BCUT2D eigenvalue weighted by molar-refractivity contribution is 5.79. The first-order chi connectivity index (χ1) is 11.1. The Balaban J connectivity index is 2.21. The van der Waals surface area contributed by atoms with Gasteiger partial charge in [-0.1, -0.05) is 0 Å². The van der Waals surface area contributed by atoms with Gasteiger partial charge in [-0.25, -0.2) is 9.59 Å². The van der Waals surface area contributed by atoms with Crippen molar-refractivity contribution in [3.8, 4) is 0 Å². The van der Waals surface area contributed by atoms with Crippen molar-refractivity contribution in [1.82, 2.24) is 20.4 Å². The lowest BCUT2D eigenvalue weighted by Crippen LogP contribution is -2.47. The number of carbonyl (C=O) groups is 3. The van der Waals surface area contributed by atoms with Crippen LogP contribution in [-0.4, -0.2) is 73.7 Å². The van der Waals surface area contributed by atoms with E-state index in [0.717, 1.165) is 0 Å². The number of alkyl carbamates (subject to hydrolysis) is 1. The van der Waals surface area contributed by atoms with Crippen LogP contribution < -0.4 is 10.6 Å². The predicted octanol–water partition coefficient (Wildman–Crippen LogP) is 1.02. The van der Waals surface area contributed by atoms with Gasteiger partial charge < -0.3 is 25.2 Å². The Kier molecular flexibility index (Phi) is 7.31. The van der Waals surface area contributed by atoms with Crippen molar-refractivity contribution in [3.63, 3.8) is 0 Å². The molecule has 24 heavy (non-hydrogen) atoms. The molecule has 1 aliphatic heterocycles. The van der Waals surface area contributed by atoms with E-state index in [-0.39, 0.29) is 17.9 Å².